The molecule has 0 aliphatic carbocycles. The van der Waals surface area contributed by atoms with Crippen LogP contribution < -0.4 is 0 Å². The van der Waals surface area contributed by atoms with Gasteiger partial charge in [-0.25, -0.2) is 8.42 Å². The molecule has 3 aromatic rings. The van der Waals surface area contributed by atoms with E-state index in [1.54, 1.807) is 34.0 Å². The van der Waals surface area contributed by atoms with Crippen LogP contribution in [0.5, 0.6) is 0 Å². The fourth-order valence-corrected chi connectivity index (χ4v) is 6.32. The minimum atomic E-state index is -3.46. The molecule has 4 rings (SSSR count). The zero-order chi connectivity index (χ0) is 23.1. The molecule has 8 heteroatoms. The van der Waals surface area contributed by atoms with Gasteiger partial charge in [-0.1, -0.05) is 31.0 Å². The Morgan fingerprint density at radius 3 is 2.36 bits per heavy atom. The number of carbonyl (C=O) groups excluding carboxylic acids is 1. The summed E-state index contributed by atoms with van der Waals surface area (Å²) in [5, 5.41) is 2.01. The summed E-state index contributed by atoms with van der Waals surface area (Å²) in [7, 11) is -3.46. The van der Waals surface area contributed by atoms with Crippen LogP contribution in [-0.2, 0) is 34.3 Å². The summed E-state index contributed by atoms with van der Waals surface area (Å²) >= 11 is 1.63. The van der Waals surface area contributed by atoms with Gasteiger partial charge in [-0.15, -0.1) is 11.3 Å². The molecule has 0 unspecified atom stereocenters. The number of sulfonamides is 1. The zero-order valence-corrected chi connectivity index (χ0v) is 20.3. The van der Waals surface area contributed by atoms with Crippen molar-refractivity contribution in [1.82, 2.24) is 9.21 Å². The quantitative estimate of drug-likeness (QED) is 0.424. The highest BCUT2D eigenvalue weighted by atomic mass is 32.2. The molecule has 6 nitrogen and oxygen atoms in total. The highest BCUT2D eigenvalue weighted by Gasteiger charge is 2.25. The van der Waals surface area contributed by atoms with Crippen molar-refractivity contribution in [2.75, 3.05) is 13.1 Å². The van der Waals surface area contributed by atoms with Gasteiger partial charge in [0.25, 0.3) is 0 Å². The van der Waals surface area contributed by atoms with E-state index in [9.17, 15) is 13.2 Å². The average Bonchev–Trinajstić information content (AvgIpc) is 3.46. The second kappa shape index (κ2) is 11.1. The summed E-state index contributed by atoms with van der Waals surface area (Å²) in [4.78, 5) is 16.3. The van der Waals surface area contributed by atoms with Crippen LogP contribution >= 0.6 is 11.3 Å². The molecule has 0 atom stereocenters. The first kappa shape index (κ1) is 23.7. The Labute approximate surface area is 199 Å². The zero-order valence-electron chi connectivity index (χ0n) is 18.7. The molecule has 0 saturated carbocycles. The van der Waals surface area contributed by atoms with Crippen LogP contribution in [0.4, 0.5) is 0 Å². The van der Waals surface area contributed by atoms with Crippen molar-refractivity contribution in [2.45, 2.75) is 56.5 Å². The Morgan fingerprint density at radius 1 is 0.970 bits per heavy atom. The number of amides is 1. The van der Waals surface area contributed by atoms with Crippen LogP contribution in [0.1, 0.15) is 48.3 Å². The molecule has 1 aliphatic heterocycles. The molecule has 33 heavy (non-hydrogen) atoms. The van der Waals surface area contributed by atoms with Crippen LogP contribution in [0.3, 0.4) is 0 Å². The molecular weight excluding hydrogens is 456 g/mol. The number of hydrogen-bond donors (Lipinski definition) is 0. The van der Waals surface area contributed by atoms with Crippen molar-refractivity contribution >= 4 is 27.3 Å². The smallest absolute Gasteiger partial charge is 0.243 e. The van der Waals surface area contributed by atoms with E-state index in [2.05, 4.69) is 0 Å². The summed E-state index contributed by atoms with van der Waals surface area (Å²) in [6.07, 6.45) is 6.53. The maximum Gasteiger partial charge on any atom is 0.243 e. The summed E-state index contributed by atoms with van der Waals surface area (Å²) in [6.45, 7) is 2.16. The summed E-state index contributed by atoms with van der Waals surface area (Å²) < 4.78 is 33.0. The Balaban J connectivity index is 1.38. The SMILES string of the molecule is O=C(CCc1ccc(S(=O)(=O)N2CCCCCC2)cc1)N(Cc1ccco1)Cc1cccs1. The number of furan rings is 1. The van der Waals surface area contributed by atoms with Crippen molar-refractivity contribution in [3.63, 3.8) is 0 Å². The molecule has 0 radical (unpaired) electrons. The number of aryl methyl sites for hydroxylation is 1. The Hall–Kier alpha value is -2.42. The van der Waals surface area contributed by atoms with Gasteiger partial charge < -0.3 is 9.32 Å². The van der Waals surface area contributed by atoms with Gasteiger partial charge >= 0.3 is 0 Å². The molecule has 2 aromatic heterocycles. The normalized spacial score (nSPS) is 15.3. The maximum atomic E-state index is 13.0. The molecule has 176 valence electrons. The molecule has 0 spiro atoms. The lowest BCUT2D eigenvalue weighted by Crippen LogP contribution is -2.31. The standard InChI is InChI=1S/C25H30N2O4S2/c28-25(26(19-22-7-5-17-31-22)20-23-8-6-18-32-23)14-11-21-9-12-24(13-10-21)33(29,30)27-15-3-1-2-4-16-27/h5-10,12-13,17-18H,1-4,11,14-16,19-20H2. The fourth-order valence-electron chi connectivity index (χ4n) is 4.08. The van der Waals surface area contributed by atoms with Crippen molar-refractivity contribution in [3.8, 4) is 0 Å². The van der Waals surface area contributed by atoms with Crippen molar-refractivity contribution in [2.24, 2.45) is 0 Å². The summed E-state index contributed by atoms with van der Waals surface area (Å²) in [6, 6.07) is 14.7. The van der Waals surface area contributed by atoms with Crippen LogP contribution in [0.25, 0.3) is 0 Å². The molecule has 1 saturated heterocycles. The van der Waals surface area contributed by atoms with E-state index in [4.69, 9.17) is 4.42 Å². The van der Waals surface area contributed by atoms with Gasteiger partial charge in [0, 0.05) is 24.4 Å². The minimum absolute atomic E-state index is 0.0427. The highest BCUT2D eigenvalue weighted by molar-refractivity contribution is 7.89. The molecule has 1 fully saturated rings. The first-order valence-electron chi connectivity index (χ1n) is 11.4. The Kier molecular flexibility index (Phi) is 8.01. The van der Waals surface area contributed by atoms with Gasteiger partial charge in [-0.05, 0) is 60.5 Å². The van der Waals surface area contributed by atoms with Gasteiger partial charge in [-0.2, -0.15) is 4.31 Å². The largest absolute Gasteiger partial charge is 0.467 e. The van der Waals surface area contributed by atoms with E-state index < -0.39 is 10.0 Å². The molecule has 1 amide bonds. The van der Waals surface area contributed by atoms with Gasteiger partial charge in [0.2, 0.25) is 15.9 Å². The Bertz CT molecular complexity index is 1060. The van der Waals surface area contributed by atoms with E-state index in [0.29, 0.717) is 43.9 Å². The molecule has 0 N–H and O–H groups in total. The second-order valence-electron chi connectivity index (χ2n) is 8.37. The van der Waals surface area contributed by atoms with Crippen LogP contribution in [0, 0.1) is 0 Å². The van der Waals surface area contributed by atoms with Crippen molar-refractivity contribution in [3.05, 3.63) is 76.4 Å². The Morgan fingerprint density at radius 2 is 1.73 bits per heavy atom. The first-order valence-corrected chi connectivity index (χ1v) is 13.8. The number of nitrogens with zero attached hydrogens (tertiary/aromatic N) is 2. The molecule has 3 heterocycles. The van der Waals surface area contributed by atoms with Gasteiger partial charge in [0.05, 0.1) is 24.2 Å². The van der Waals surface area contributed by atoms with E-state index in [1.807, 2.05) is 46.7 Å². The topological polar surface area (TPSA) is 70.8 Å². The summed E-state index contributed by atoms with van der Waals surface area (Å²) in [5.41, 5.74) is 0.951. The van der Waals surface area contributed by atoms with E-state index in [1.165, 1.54) is 0 Å². The third-order valence-electron chi connectivity index (χ3n) is 5.96. The van der Waals surface area contributed by atoms with Gasteiger partial charge in [-0.3, -0.25) is 4.79 Å². The number of benzene rings is 1. The second-order valence-corrected chi connectivity index (χ2v) is 11.3. The van der Waals surface area contributed by atoms with Crippen LogP contribution in [0.15, 0.2) is 69.5 Å². The number of carbonyl (C=O) groups is 1. The van der Waals surface area contributed by atoms with E-state index in [-0.39, 0.29) is 5.91 Å². The van der Waals surface area contributed by atoms with Gasteiger partial charge in [0.15, 0.2) is 0 Å². The predicted molar refractivity (Wildman–Crippen MR) is 129 cm³/mol. The van der Waals surface area contributed by atoms with E-state index >= 15 is 0 Å². The fraction of sp³-hybridized carbons (Fsp3) is 0.400. The lowest BCUT2D eigenvalue weighted by Gasteiger charge is -2.21. The van der Waals surface area contributed by atoms with E-state index in [0.717, 1.165) is 41.9 Å². The van der Waals surface area contributed by atoms with Crippen LogP contribution in [-0.4, -0.2) is 36.6 Å². The molecule has 0 bridgehead atoms. The van der Waals surface area contributed by atoms with Crippen LogP contribution in [0.2, 0.25) is 0 Å². The molecule has 1 aromatic carbocycles. The number of rotatable bonds is 9. The first-order chi connectivity index (χ1) is 16.0. The average molecular weight is 487 g/mol. The monoisotopic (exact) mass is 486 g/mol. The minimum Gasteiger partial charge on any atom is -0.467 e. The number of hydrogen-bond acceptors (Lipinski definition) is 5. The van der Waals surface area contributed by atoms with Gasteiger partial charge in [0.1, 0.15) is 5.76 Å². The third-order valence-corrected chi connectivity index (χ3v) is 8.73. The summed E-state index contributed by atoms with van der Waals surface area (Å²) in [5.74, 6) is 0.795. The van der Waals surface area contributed by atoms with Crippen molar-refractivity contribution < 1.29 is 17.6 Å². The lowest BCUT2D eigenvalue weighted by molar-refractivity contribution is -0.132. The maximum absolute atomic E-state index is 13.0. The highest BCUT2D eigenvalue weighted by Crippen LogP contribution is 2.22. The third kappa shape index (κ3) is 6.34. The molecule has 1 aliphatic rings. The lowest BCUT2D eigenvalue weighted by atomic mass is 10.1. The predicted octanol–water partition coefficient (Wildman–Crippen LogP) is 5.07. The molecular formula is C25H30N2O4S2. The number of thiophene rings is 1. The van der Waals surface area contributed by atoms with Crippen molar-refractivity contribution in [1.29, 1.82) is 0 Å².